The lowest BCUT2D eigenvalue weighted by Crippen LogP contribution is -2.06. The number of benzene rings is 1. The Bertz CT molecular complexity index is 618. The molecule has 0 fully saturated rings. The Labute approximate surface area is 118 Å². The molecule has 0 N–H and O–H groups in total. The van der Waals surface area contributed by atoms with Crippen molar-refractivity contribution >= 4 is 18.1 Å². The highest BCUT2D eigenvalue weighted by Crippen LogP contribution is 2.16. The number of nitrogens with zero attached hydrogens (tertiary/aromatic N) is 1. The van der Waals surface area contributed by atoms with Gasteiger partial charge in [0.1, 0.15) is 0 Å². The number of hydrogen-bond acceptors (Lipinski definition) is 3. The standard InChI is InChI=1S/C17H17NO2/c1-3-20-17(19)16-12-13(2)4-6-15(16)7-5-14-8-10-18-11-9-14/h4-12H,3H2,1-2H3. The summed E-state index contributed by atoms with van der Waals surface area (Å²) in [5.74, 6) is -0.287. The molecule has 2 rings (SSSR count). The summed E-state index contributed by atoms with van der Waals surface area (Å²) >= 11 is 0. The molecule has 3 heteroatoms. The summed E-state index contributed by atoms with van der Waals surface area (Å²) in [6, 6.07) is 9.59. The number of carbonyl (C=O) groups is 1. The van der Waals surface area contributed by atoms with Crippen molar-refractivity contribution in [2.45, 2.75) is 13.8 Å². The number of rotatable bonds is 4. The summed E-state index contributed by atoms with van der Waals surface area (Å²) in [6.07, 6.45) is 7.35. The van der Waals surface area contributed by atoms with E-state index in [1.54, 1.807) is 19.3 Å². The average Bonchev–Trinajstić information content (AvgIpc) is 2.47. The van der Waals surface area contributed by atoms with E-state index in [0.29, 0.717) is 12.2 Å². The Kier molecular flexibility index (Phi) is 4.66. The van der Waals surface area contributed by atoms with Gasteiger partial charge in [0.25, 0.3) is 0 Å². The zero-order valence-electron chi connectivity index (χ0n) is 11.7. The van der Waals surface area contributed by atoms with Crippen molar-refractivity contribution < 1.29 is 9.53 Å². The van der Waals surface area contributed by atoms with Crippen LogP contribution in [0.2, 0.25) is 0 Å². The van der Waals surface area contributed by atoms with Gasteiger partial charge in [0, 0.05) is 12.4 Å². The summed E-state index contributed by atoms with van der Waals surface area (Å²) in [5, 5.41) is 0. The van der Waals surface area contributed by atoms with Crippen molar-refractivity contribution in [2.75, 3.05) is 6.61 Å². The zero-order valence-corrected chi connectivity index (χ0v) is 11.7. The number of hydrogen-bond donors (Lipinski definition) is 0. The molecule has 0 saturated heterocycles. The first-order chi connectivity index (χ1) is 9.70. The number of ether oxygens (including phenoxy) is 1. The van der Waals surface area contributed by atoms with Crippen molar-refractivity contribution in [3.05, 3.63) is 65.0 Å². The summed E-state index contributed by atoms with van der Waals surface area (Å²) < 4.78 is 5.09. The van der Waals surface area contributed by atoms with E-state index in [1.807, 2.05) is 49.4 Å². The molecule has 0 atom stereocenters. The zero-order chi connectivity index (χ0) is 14.4. The predicted octanol–water partition coefficient (Wildman–Crippen LogP) is 3.74. The van der Waals surface area contributed by atoms with E-state index in [-0.39, 0.29) is 5.97 Å². The normalized spacial score (nSPS) is 10.7. The fourth-order valence-corrected chi connectivity index (χ4v) is 1.86. The molecular formula is C17H17NO2. The molecule has 102 valence electrons. The highest BCUT2D eigenvalue weighted by molar-refractivity contribution is 5.95. The minimum Gasteiger partial charge on any atom is -0.462 e. The highest BCUT2D eigenvalue weighted by atomic mass is 16.5. The number of pyridine rings is 1. The molecule has 0 aliphatic heterocycles. The number of aromatic nitrogens is 1. The Morgan fingerprint density at radius 3 is 2.65 bits per heavy atom. The van der Waals surface area contributed by atoms with E-state index in [2.05, 4.69) is 4.98 Å². The van der Waals surface area contributed by atoms with Crippen molar-refractivity contribution in [2.24, 2.45) is 0 Å². The van der Waals surface area contributed by atoms with Crippen molar-refractivity contribution in [3.8, 4) is 0 Å². The number of aryl methyl sites for hydroxylation is 1. The van der Waals surface area contributed by atoms with E-state index in [9.17, 15) is 4.79 Å². The smallest absolute Gasteiger partial charge is 0.338 e. The van der Waals surface area contributed by atoms with Crippen LogP contribution in [0.15, 0.2) is 42.7 Å². The van der Waals surface area contributed by atoms with Crippen LogP contribution in [-0.4, -0.2) is 17.6 Å². The molecular weight excluding hydrogens is 250 g/mol. The first kappa shape index (κ1) is 14.0. The number of esters is 1. The van der Waals surface area contributed by atoms with Gasteiger partial charge < -0.3 is 4.74 Å². The quantitative estimate of drug-likeness (QED) is 0.792. The lowest BCUT2D eigenvalue weighted by molar-refractivity contribution is 0.0526. The SMILES string of the molecule is CCOC(=O)c1cc(C)ccc1C=Cc1ccncc1. The summed E-state index contributed by atoms with van der Waals surface area (Å²) in [4.78, 5) is 15.9. The Balaban J connectivity index is 2.32. The van der Waals surface area contributed by atoms with Crippen LogP contribution in [0.4, 0.5) is 0 Å². The van der Waals surface area contributed by atoms with E-state index in [0.717, 1.165) is 16.7 Å². The second-order valence-electron chi connectivity index (χ2n) is 4.43. The molecule has 0 aliphatic rings. The second-order valence-corrected chi connectivity index (χ2v) is 4.43. The van der Waals surface area contributed by atoms with E-state index >= 15 is 0 Å². The monoisotopic (exact) mass is 267 g/mol. The summed E-state index contributed by atoms with van der Waals surface area (Å²) in [7, 11) is 0. The van der Waals surface area contributed by atoms with E-state index < -0.39 is 0 Å². The minimum absolute atomic E-state index is 0.287. The molecule has 20 heavy (non-hydrogen) atoms. The molecule has 0 saturated carbocycles. The van der Waals surface area contributed by atoms with Gasteiger partial charge >= 0.3 is 5.97 Å². The Morgan fingerprint density at radius 1 is 1.20 bits per heavy atom. The maximum Gasteiger partial charge on any atom is 0.338 e. The first-order valence-corrected chi connectivity index (χ1v) is 6.56. The van der Waals surface area contributed by atoms with Crippen LogP contribution in [0.5, 0.6) is 0 Å². The summed E-state index contributed by atoms with van der Waals surface area (Å²) in [5.41, 5.74) is 3.52. The maximum absolute atomic E-state index is 12.0. The fourth-order valence-electron chi connectivity index (χ4n) is 1.86. The number of carbonyl (C=O) groups excluding carboxylic acids is 1. The predicted molar refractivity (Wildman–Crippen MR) is 80.3 cm³/mol. The largest absolute Gasteiger partial charge is 0.462 e. The van der Waals surface area contributed by atoms with Gasteiger partial charge in [0.15, 0.2) is 0 Å². The Hall–Kier alpha value is -2.42. The second kappa shape index (κ2) is 6.66. The van der Waals surface area contributed by atoms with Crippen LogP contribution >= 0.6 is 0 Å². The molecule has 0 radical (unpaired) electrons. The molecule has 3 nitrogen and oxygen atoms in total. The van der Waals surface area contributed by atoms with Crippen molar-refractivity contribution in [3.63, 3.8) is 0 Å². The first-order valence-electron chi connectivity index (χ1n) is 6.56. The van der Waals surface area contributed by atoms with Crippen LogP contribution < -0.4 is 0 Å². The van der Waals surface area contributed by atoms with Crippen molar-refractivity contribution in [1.29, 1.82) is 0 Å². The van der Waals surface area contributed by atoms with Crippen LogP contribution in [0.25, 0.3) is 12.2 Å². The van der Waals surface area contributed by atoms with Gasteiger partial charge in [-0.3, -0.25) is 4.98 Å². The van der Waals surface area contributed by atoms with Crippen LogP contribution in [0.1, 0.15) is 34.0 Å². The molecule has 1 heterocycles. The summed E-state index contributed by atoms with van der Waals surface area (Å²) in [6.45, 7) is 4.14. The maximum atomic E-state index is 12.0. The molecule has 0 unspecified atom stereocenters. The van der Waals surface area contributed by atoms with E-state index in [4.69, 9.17) is 4.74 Å². The third-order valence-electron chi connectivity index (χ3n) is 2.87. The highest BCUT2D eigenvalue weighted by Gasteiger charge is 2.10. The van der Waals surface area contributed by atoms with Gasteiger partial charge in [-0.15, -0.1) is 0 Å². The topological polar surface area (TPSA) is 39.2 Å². The van der Waals surface area contributed by atoms with Crippen LogP contribution in [0, 0.1) is 6.92 Å². The van der Waals surface area contributed by atoms with Gasteiger partial charge in [-0.1, -0.05) is 29.8 Å². The molecule has 0 bridgehead atoms. The van der Waals surface area contributed by atoms with Crippen LogP contribution in [-0.2, 0) is 4.74 Å². The fraction of sp³-hybridized carbons (Fsp3) is 0.176. The minimum atomic E-state index is -0.287. The van der Waals surface area contributed by atoms with Crippen LogP contribution in [0.3, 0.4) is 0 Å². The average molecular weight is 267 g/mol. The van der Waals surface area contributed by atoms with E-state index in [1.165, 1.54) is 0 Å². The molecule has 0 amide bonds. The molecule has 0 aliphatic carbocycles. The third-order valence-corrected chi connectivity index (χ3v) is 2.87. The molecule has 1 aromatic heterocycles. The lowest BCUT2D eigenvalue weighted by atomic mass is 10.0. The molecule has 2 aromatic rings. The lowest BCUT2D eigenvalue weighted by Gasteiger charge is -2.07. The molecule has 1 aromatic carbocycles. The Morgan fingerprint density at radius 2 is 1.95 bits per heavy atom. The molecule has 0 spiro atoms. The van der Waals surface area contributed by atoms with Gasteiger partial charge in [0.05, 0.1) is 12.2 Å². The third kappa shape index (κ3) is 3.54. The van der Waals surface area contributed by atoms with Gasteiger partial charge in [0.2, 0.25) is 0 Å². The van der Waals surface area contributed by atoms with Gasteiger partial charge in [-0.05, 0) is 43.2 Å². The van der Waals surface area contributed by atoms with Gasteiger partial charge in [-0.25, -0.2) is 4.79 Å². The van der Waals surface area contributed by atoms with Crippen molar-refractivity contribution in [1.82, 2.24) is 4.98 Å². The van der Waals surface area contributed by atoms with Gasteiger partial charge in [-0.2, -0.15) is 0 Å².